The molecule has 1 aliphatic rings. The summed E-state index contributed by atoms with van der Waals surface area (Å²) in [7, 11) is 0. The summed E-state index contributed by atoms with van der Waals surface area (Å²) in [5.41, 5.74) is 0. The minimum Gasteiger partial charge on any atom is -0.392 e. The van der Waals surface area contributed by atoms with Crippen LogP contribution in [-0.2, 0) is 4.79 Å². The number of hydrogen-bond acceptors (Lipinski definition) is 3. The third-order valence-electron chi connectivity index (χ3n) is 3.39. The van der Waals surface area contributed by atoms with Crippen molar-refractivity contribution in [3.05, 3.63) is 0 Å². The molecule has 0 aromatic heterocycles. The molecule has 94 valence electrons. The molecule has 0 aliphatic heterocycles. The van der Waals surface area contributed by atoms with E-state index in [1.54, 1.807) is 0 Å². The second kappa shape index (κ2) is 6.21. The number of rotatable bonds is 5. The molecule has 1 amide bonds. The van der Waals surface area contributed by atoms with Crippen LogP contribution in [0.3, 0.4) is 0 Å². The Labute approximate surface area is 98.0 Å². The van der Waals surface area contributed by atoms with E-state index in [9.17, 15) is 9.90 Å². The third kappa shape index (κ3) is 3.19. The fourth-order valence-corrected chi connectivity index (χ4v) is 2.34. The van der Waals surface area contributed by atoms with Crippen molar-refractivity contribution in [3.8, 4) is 0 Å². The summed E-state index contributed by atoms with van der Waals surface area (Å²) in [6, 6.07) is -0.104. The number of aliphatic hydroxyl groups excluding tert-OH is 1. The summed E-state index contributed by atoms with van der Waals surface area (Å²) in [5, 5.41) is 12.9. The van der Waals surface area contributed by atoms with E-state index in [1.165, 1.54) is 0 Å². The predicted octanol–water partition coefficient (Wildman–Crippen LogP) is 0.746. The normalized spacial score (nSPS) is 26.8. The zero-order chi connectivity index (χ0) is 12.1. The Morgan fingerprint density at radius 2 is 2.06 bits per heavy atom. The summed E-state index contributed by atoms with van der Waals surface area (Å²) in [6.07, 6.45) is 2.58. The van der Waals surface area contributed by atoms with Crippen molar-refractivity contribution < 1.29 is 9.90 Å². The fourth-order valence-electron chi connectivity index (χ4n) is 2.34. The van der Waals surface area contributed by atoms with E-state index in [0.29, 0.717) is 0 Å². The van der Waals surface area contributed by atoms with Gasteiger partial charge in [-0.2, -0.15) is 0 Å². The van der Waals surface area contributed by atoms with Gasteiger partial charge in [0.05, 0.1) is 12.1 Å². The number of carbonyl (C=O) groups excluding carboxylic acids is 1. The molecule has 1 saturated carbocycles. The van der Waals surface area contributed by atoms with Gasteiger partial charge in [0.15, 0.2) is 0 Å². The Morgan fingerprint density at radius 1 is 1.44 bits per heavy atom. The maximum atomic E-state index is 12.0. The van der Waals surface area contributed by atoms with E-state index in [2.05, 4.69) is 5.32 Å². The van der Waals surface area contributed by atoms with E-state index in [1.807, 2.05) is 25.7 Å². The lowest BCUT2D eigenvalue weighted by atomic mass is 10.1. The number of hydrogen-bond donors (Lipinski definition) is 2. The Kier molecular flexibility index (Phi) is 5.22. The molecule has 16 heavy (non-hydrogen) atoms. The monoisotopic (exact) mass is 228 g/mol. The predicted molar refractivity (Wildman–Crippen MR) is 64.2 cm³/mol. The minimum atomic E-state index is -0.285. The largest absolute Gasteiger partial charge is 0.392 e. The van der Waals surface area contributed by atoms with E-state index >= 15 is 0 Å². The van der Waals surface area contributed by atoms with Crippen molar-refractivity contribution in [2.24, 2.45) is 0 Å². The first-order valence-corrected chi connectivity index (χ1v) is 6.33. The molecule has 1 rings (SSSR count). The minimum absolute atomic E-state index is 0.0921. The SMILES string of the molecule is CCN(CC)C(=O)C(C)N[C@@H]1CCC[C@H]1O. The van der Waals surface area contributed by atoms with Crippen molar-refractivity contribution in [1.82, 2.24) is 10.2 Å². The van der Waals surface area contributed by atoms with Gasteiger partial charge >= 0.3 is 0 Å². The van der Waals surface area contributed by atoms with E-state index in [-0.39, 0.29) is 24.1 Å². The van der Waals surface area contributed by atoms with Crippen LogP contribution in [-0.4, -0.2) is 47.2 Å². The molecule has 3 atom stereocenters. The second-order valence-corrected chi connectivity index (χ2v) is 4.50. The molecule has 1 fully saturated rings. The van der Waals surface area contributed by atoms with Crippen LogP contribution in [0.1, 0.15) is 40.0 Å². The van der Waals surface area contributed by atoms with Gasteiger partial charge in [0.25, 0.3) is 0 Å². The molecule has 0 aromatic carbocycles. The van der Waals surface area contributed by atoms with Gasteiger partial charge < -0.3 is 15.3 Å². The molecule has 0 spiro atoms. The highest BCUT2D eigenvalue weighted by atomic mass is 16.3. The highest BCUT2D eigenvalue weighted by Crippen LogP contribution is 2.19. The van der Waals surface area contributed by atoms with Gasteiger partial charge in [-0.3, -0.25) is 4.79 Å². The zero-order valence-corrected chi connectivity index (χ0v) is 10.6. The van der Waals surface area contributed by atoms with Crippen molar-refractivity contribution in [2.75, 3.05) is 13.1 Å². The van der Waals surface area contributed by atoms with Crippen LogP contribution >= 0.6 is 0 Å². The molecule has 1 unspecified atom stereocenters. The number of amides is 1. The Bertz CT molecular complexity index is 229. The molecule has 2 N–H and O–H groups in total. The van der Waals surface area contributed by atoms with Crippen LogP contribution in [0.25, 0.3) is 0 Å². The van der Waals surface area contributed by atoms with Crippen molar-refractivity contribution in [2.45, 2.75) is 58.2 Å². The third-order valence-corrected chi connectivity index (χ3v) is 3.39. The summed E-state index contributed by atoms with van der Waals surface area (Å²) < 4.78 is 0. The van der Waals surface area contributed by atoms with E-state index in [4.69, 9.17) is 0 Å². The fraction of sp³-hybridized carbons (Fsp3) is 0.917. The molecular formula is C12H24N2O2. The number of likely N-dealkylation sites (N-methyl/N-ethyl adjacent to an activating group) is 1. The molecule has 1 aliphatic carbocycles. The number of nitrogens with one attached hydrogen (secondary N) is 1. The highest BCUT2D eigenvalue weighted by Gasteiger charge is 2.28. The molecule has 0 radical (unpaired) electrons. The van der Waals surface area contributed by atoms with Crippen LogP contribution in [0, 0.1) is 0 Å². The molecule has 0 aromatic rings. The summed E-state index contributed by atoms with van der Waals surface area (Å²) >= 11 is 0. The van der Waals surface area contributed by atoms with Crippen LogP contribution in [0.2, 0.25) is 0 Å². The van der Waals surface area contributed by atoms with Gasteiger partial charge in [0.1, 0.15) is 0 Å². The van der Waals surface area contributed by atoms with E-state index < -0.39 is 0 Å². The molecule has 0 heterocycles. The van der Waals surface area contributed by atoms with Gasteiger partial charge in [-0.05, 0) is 40.0 Å². The van der Waals surface area contributed by atoms with Gasteiger partial charge in [-0.25, -0.2) is 0 Å². The molecule has 0 saturated heterocycles. The Hall–Kier alpha value is -0.610. The Balaban J connectivity index is 2.44. The number of nitrogens with zero attached hydrogens (tertiary/aromatic N) is 1. The molecular weight excluding hydrogens is 204 g/mol. The summed E-state index contributed by atoms with van der Waals surface area (Å²) in [5.74, 6) is 0.129. The lowest BCUT2D eigenvalue weighted by molar-refractivity contribution is -0.133. The van der Waals surface area contributed by atoms with Crippen molar-refractivity contribution >= 4 is 5.91 Å². The standard InChI is InChI=1S/C12H24N2O2/c1-4-14(5-2)12(16)9(3)13-10-7-6-8-11(10)15/h9-11,13,15H,4-8H2,1-3H3/t9?,10-,11-/m1/s1. The van der Waals surface area contributed by atoms with Crippen molar-refractivity contribution in [1.29, 1.82) is 0 Å². The van der Waals surface area contributed by atoms with Crippen LogP contribution in [0.5, 0.6) is 0 Å². The van der Waals surface area contributed by atoms with Crippen LogP contribution in [0.15, 0.2) is 0 Å². The maximum Gasteiger partial charge on any atom is 0.239 e. The first kappa shape index (κ1) is 13.5. The lowest BCUT2D eigenvalue weighted by Crippen LogP contribution is -2.50. The smallest absolute Gasteiger partial charge is 0.239 e. The first-order chi connectivity index (χ1) is 7.60. The summed E-state index contributed by atoms with van der Waals surface area (Å²) in [6.45, 7) is 7.34. The second-order valence-electron chi connectivity index (χ2n) is 4.50. The molecule has 4 heteroatoms. The highest BCUT2D eigenvalue weighted by molar-refractivity contribution is 5.81. The average molecular weight is 228 g/mol. The first-order valence-electron chi connectivity index (χ1n) is 6.33. The summed E-state index contributed by atoms with van der Waals surface area (Å²) in [4.78, 5) is 13.8. The molecule has 4 nitrogen and oxygen atoms in total. The van der Waals surface area contributed by atoms with Gasteiger partial charge in [-0.1, -0.05) is 0 Å². The van der Waals surface area contributed by atoms with Gasteiger partial charge in [0.2, 0.25) is 5.91 Å². The van der Waals surface area contributed by atoms with E-state index in [0.717, 1.165) is 32.4 Å². The quantitative estimate of drug-likeness (QED) is 0.730. The van der Waals surface area contributed by atoms with Crippen molar-refractivity contribution in [3.63, 3.8) is 0 Å². The van der Waals surface area contributed by atoms with Gasteiger partial charge in [-0.15, -0.1) is 0 Å². The van der Waals surface area contributed by atoms with Crippen LogP contribution < -0.4 is 5.32 Å². The maximum absolute atomic E-state index is 12.0. The number of aliphatic hydroxyl groups is 1. The van der Waals surface area contributed by atoms with Crippen LogP contribution in [0.4, 0.5) is 0 Å². The average Bonchev–Trinajstić information content (AvgIpc) is 2.66. The van der Waals surface area contributed by atoms with Gasteiger partial charge in [0, 0.05) is 19.1 Å². The number of carbonyl (C=O) groups is 1. The molecule has 0 bridgehead atoms. The topological polar surface area (TPSA) is 52.6 Å². The lowest BCUT2D eigenvalue weighted by Gasteiger charge is -2.26. The Morgan fingerprint density at radius 3 is 2.50 bits per heavy atom. The zero-order valence-electron chi connectivity index (χ0n) is 10.6.